The average molecular weight is 381 g/mol. The molecule has 0 aromatic carbocycles. The number of carbonyl (C=O) groups is 2. The zero-order valence-corrected chi connectivity index (χ0v) is 16.7. The van der Waals surface area contributed by atoms with E-state index < -0.39 is 0 Å². The van der Waals surface area contributed by atoms with Gasteiger partial charge in [0.25, 0.3) is 0 Å². The second kappa shape index (κ2) is 7.04. The Morgan fingerprint density at radius 1 is 1.29 bits per heavy atom. The van der Waals surface area contributed by atoms with E-state index in [1.54, 1.807) is 6.07 Å². The molecule has 0 radical (unpaired) electrons. The quantitative estimate of drug-likeness (QED) is 0.776. The number of nitrogens with one attached hydrogen (secondary N) is 1. The number of hydrogen-bond donors (Lipinski definition) is 1. The first kappa shape index (κ1) is 18.7. The van der Waals surface area contributed by atoms with Crippen LogP contribution in [0.25, 0.3) is 0 Å². The van der Waals surface area contributed by atoms with Crippen molar-refractivity contribution in [2.45, 2.75) is 32.6 Å². The van der Waals surface area contributed by atoms with Crippen LogP contribution in [0.15, 0.2) is 30.7 Å². The molecule has 1 aliphatic heterocycles. The summed E-state index contributed by atoms with van der Waals surface area (Å²) in [5.41, 5.74) is 1.47. The van der Waals surface area contributed by atoms with Crippen molar-refractivity contribution < 1.29 is 9.59 Å². The number of pyridine rings is 1. The molecular formula is C21H27N5O2. The van der Waals surface area contributed by atoms with Crippen molar-refractivity contribution in [3.05, 3.63) is 42.1 Å². The van der Waals surface area contributed by atoms with Gasteiger partial charge in [0.1, 0.15) is 11.5 Å². The molecule has 2 fully saturated rings. The lowest BCUT2D eigenvalue weighted by atomic mass is 9.92. The minimum atomic E-state index is -0.169. The van der Waals surface area contributed by atoms with E-state index in [4.69, 9.17) is 0 Å². The van der Waals surface area contributed by atoms with Crippen LogP contribution in [0, 0.1) is 11.3 Å². The van der Waals surface area contributed by atoms with E-state index in [9.17, 15) is 9.59 Å². The Morgan fingerprint density at radius 3 is 2.71 bits per heavy atom. The maximum absolute atomic E-state index is 12.4. The predicted octanol–water partition coefficient (Wildman–Crippen LogP) is 2.15. The maximum Gasteiger partial charge on any atom is 0.225 e. The lowest BCUT2D eigenvalue weighted by molar-refractivity contribution is -0.125. The van der Waals surface area contributed by atoms with Gasteiger partial charge in [-0.15, -0.1) is 0 Å². The van der Waals surface area contributed by atoms with Crippen LogP contribution in [0.2, 0.25) is 0 Å². The fourth-order valence-electron chi connectivity index (χ4n) is 3.97. The van der Waals surface area contributed by atoms with Crippen molar-refractivity contribution in [2.75, 3.05) is 24.5 Å². The highest BCUT2D eigenvalue weighted by molar-refractivity contribution is 5.92. The van der Waals surface area contributed by atoms with Gasteiger partial charge in [0.2, 0.25) is 5.91 Å². The van der Waals surface area contributed by atoms with Gasteiger partial charge < -0.3 is 14.8 Å². The molecule has 7 heteroatoms. The van der Waals surface area contributed by atoms with Gasteiger partial charge in [-0.3, -0.25) is 9.59 Å². The van der Waals surface area contributed by atoms with Crippen molar-refractivity contribution in [1.82, 2.24) is 19.9 Å². The van der Waals surface area contributed by atoms with Gasteiger partial charge in [-0.2, -0.15) is 0 Å². The van der Waals surface area contributed by atoms with Crippen LogP contribution in [0.5, 0.6) is 0 Å². The summed E-state index contributed by atoms with van der Waals surface area (Å²) >= 11 is 0. The van der Waals surface area contributed by atoms with Gasteiger partial charge in [-0.05, 0) is 25.0 Å². The number of anilines is 1. The predicted molar refractivity (Wildman–Crippen MR) is 106 cm³/mol. The highest BCUT2D eigenvalue weighted by Gasteiger charge is 2.45. The van der Waals surface area contributed by atoms with Gasteiger partial charge >= 0.3 is 0 Å². The van der Waals surface area contributed by atoms with Crippen LogP contribution in [0.1, 0.15) is 48.8 Å². The number of hydrogen-bond acceptors (Lipinski definition) is 5. The van der Waals surface area contributed by atoms with Gasteiger partial charge in [0, 0.05) is 62.7 Å². The molecule has 4 rings (SSSR count). The first-order valence-corrected chi connectivity index (χ1v) is 9.85. The molecule has 2 aromatic heterocycles. The molecule has 2 aliphatic rings. The van der Waals surface area contributed by atoms with E-state index in [2.05, 4.69) is 20.2 Å². The molecular weight excluding hydrogens is 354 g/mol. The Bertz CT molecular complexity index is 902. The molecule has 28 heavy (non-hydrogen) atoms. The minimum Gasteiger partial charge on any atom is -0.356 e. The summed E-state index contributed by atoms with van der Waals surface area (Å²) in [5.74, 6) is 1.42. The number of amides is 1. The van der Waals surface area contributed by atoms with Crippen molar-refractivity contribution >= 4 is 17.5 Å². The Labute approximate surface area is 165 Å². The number of aromatic nitrogens is 3. The normalized spacial score (nSPS) is 22.9. The van der Waals surface area contributed by atoms with Crippen LogP contribution in [0.4, 0.5) is 5.82 Å². The highest BCUT2D eigenvalue weighted by Crippen LogP contribution is 2.45. The average Bonchev–Trinajstić information content (AvgIpc) is 3.10. The fourth-order valence-corrected chi connectivity index (χ4v) is 3.97. The Morgan fingerprint density at radius 2 is 2.07 bits per heavy atom. The second-order valence-corrected chi connectivity index (χ2v) is 8.41. The Hall–Kier alpha value is -2.70. The van der Waals surface area contributed by atoms with Crippen molar-refractivity contribution in [3.8, 4) is 0 Å². The summed E-state index contributed by atoms with van der Waals surface area (Å²) < 4.78 is 2.05. The number of ketones is 1. The molecule has 2 atom stereocenters. The summed E-state index contributed by atoms with van der Waals surface area (Å²) in [5, 5.41) is 3.17. The van der Waals surface area contributed by atoms with E-state index in [0.29, 0.717) is 12.2 Å². The molecule has 0 spiro atoms. The van der Waals surface area contributed by atoms with Crippen molar-refractivity contribution in [1.29, 1.82) is 0 Å². The number of aryl methyl sites for hydroxylation is 1. The molecule has 0 bridgehead atoms. The maximum atomic E-state index is 12.4. The topological polar surface area (TPSA) is 80.1 Å². The number of rotatable bonds is 6. The summed E-state index contributed by atoms with van der Waals surface area (Å²) in [7, 11) is 2.00. The highest BCUT2D eigenvalue weighted by atomic mass is 16.2. The molecule has 148 valence electrons. The lowest BCUT2D eigenvalue weighted by Gasteiger charge is -2.20. The molecule has 1 N–H and O–H groups in total. The van der Waals surface area contributed by atoms with Crippen LogP contribution in [0.3, 0.4) is 0 Å². The smallest absolute Gasteiger partial charge is 0.225 e. The largest absolute Gasteiger partial charge is 0.356 e. The zero-order valence-electron chi connectivity index (χ0n) is 16.7. The number of imidazole rings is 1. The summed E-state index contributed by atoms with van der Waals surface area (Å²) in [6.07, 6.45) is 5.67. The molecule has 1 amide bonds. The third-order valence-corrected chi connectivity index (χ3v) is 6.17. The Kier molecular flexibility index (Phi) is 4.69. The third kappa shape index (κ3) is 3.53. The van der Waals surface area contributed by atoms with Gasteiger partial charge in [0.15, 0.2) is 5.78 Å². The van der Waals surface area contributed by atoms with Crippen LogP contribution >= 0.6 is 0 Å². The van der Waals surface area contributed by atoms with Gasteiger partial charge in [0.05, 0.1) is 6.33 Å². The molecule has 2 aromatic rings. The Balaban J connectivity index is 1.54. The molecule has 3 heterocycles. The first-order chi connectivity index (χ1) is 13.4. The van der Waals surface area contributed by atoms with Gasteiger partial charge in [-0.1, -0.05) is 13.0 Å². The van der Waals surface area contributed by atoms with Crippen LogP contribution < -0.4 is 10.2 Å². The van der Waals surface area contributed by atoms with Crippen LogP contribution in [-0.2, 0) is 11.8 Å². The number of Topliss-reactive ketones (excluding diaryl/α,β-unsaturated/α-hetero) is 1. The summed E-state index contributed by atoms with van der Waals surface area (Å²) in [6, 6.07) is 5.56. The monoisotopic (exact) mass is 381 g/mol. The van der Waals surface area contributed by atoms with Crippen molar-refractivity contribution in [3.63, 3.8) is 0 Å². The minimum absolute atomic E-state index is 0.0364. The van der Waals surface area contributed by atoms with E-state index in [-0.39, 0.29) is 28.9 Å². The molecule has 0 unspecified atom stereocenters. The number of carbonyl (C=O) groups excluding carboxylic acids is 2. The molecule has 1 saturated carbocycles. The molecule has 7 nitrogen and oxygen atoms in total. The standard InChI is InChI=1S/C21H27N5O2/c1-14(27)17-5-4-6-19(24-17)26-11-15(9-23-20(28)21(2)7-8-21)16(12-26)18-10-22-13-25(18)3/h4-6,10,13,15-16H,7-9,11-12H2,1-3H3,(H,23,28)/t15-,16-/m1/s1. The molecule has 1 aliphatic carbocycles. The van der Waals surface area contributed by atoms with E-state index >= 15 is 0 Å². The fraction of sp³-hybridized carbons (Fsp3) is 0.524. The first-order valence-electron chi connectivity index (χ1n) is 9.85. The van der Waals surface area contributed by atoms with Gasteiger partial charge in [-0.25, -0.2) is 9.97 Å². The summed E-state index contributed by atoms with van der Waals surface area (Å²) in [6.45, 7) is 5.75. The van der Waals surface area contributed by atoms with E-state index in [0.717, 1.165) is 37.4 Å². The zero-order chi connectivity index (χ0) is 19.9. The van der Waals surface area contributed by atoms with Crippen LogP contribution in [-0.4, -0.2) is 45.9 Å². The second-order valence-electron chi connectivity index (χ2n) is 8.41. The summed E-state index contributed by atoms with van der Waals surface area (Å²) in [4.78, 5) is 35.2. The number of nitrogens with zero attached hydrogens (tertiary/aromatic N) is 4. The van der Waals surface area contributed by atoms with E-state index in [1.165, 1.54) is 6.92 Å². The SMILES string of the molecule is CC(=O)c1cccc(N2C[C@@H](CNC(=O)C3(C)CC3)[C@H](c3cncn3C)C2)n1. The van der Waals surface area contributed by atoms with E-state index in [1.807, 2.05) is 43.2 Å². The van der Waals surface area contributed by atoms with Crippen molar-refractivity contribution in [2.24, 2.45) is 18.4 Å². The third-order valence-electron chi connectivity index (χ3n) is 6.17. The molecule has 1 saturated heterocycles. The lowest BCUT2D eigenvalue weighted by Crippen LogP contribution is -2.36.